The van der Waals surface area contributed by atoms with E-state index in [-0.39, 0.29) is 24.6 Å². The summed E-state index contributed by atoms with van der Waals surface area (Å²) in [7, 11) is 1.66. The number of rotatable bonds is 9. The number of fused-ring (bicyclic) bond motifs is 2. The van der Waals surface area contributed by atoms with E-state index in [1.807, 2.05) is 67.6 Å². The van der Waals surface area contributed by atoms with Crippen molar-refractivity contribution in [1.29, 1.82) is 0 Å². The van der Waals surface area contributed by atoms with Crippen molar-refractivity contribution in [3.8, 4) is 5.75 Å². The Balaban J connectivity index is 0.000000255. The van der Waals surface area contributed by atoms with Crippen LogP contribution in [0.25, 0.3) is 10.8 Å². The quantitative estimate of drug-likeness (QED) is 0.201. The van der Waals surface area contributed by atoms with Crippen LogP contribution in [0.15, 0.2) is 91.1 Å². The standard InChI is InChI=1S/C22H20N4O3.C10H13NO3/c1-2-26-19-10-6-5-9-18(19)25(14-27)13-17(22(26)29)24-21(28)20-16-8-4-3-7-15(16)11-12-23-20;1-11-9(7-10(12)13)14-8-5-3-2-4-6-8/h3-12,14,17H,2,13H2,1H3,(H,24,28);2-6,9,11H,7H2,1H3,(H,12,13). The van der Waals surface area contributed by atoms with Crippen LogP contribution in [0, 0.1) is 0 Å². The van der Waals surface area contributed by atoms with Gasteiger partial charge in [-0.2, -0.15) is 0 Å². The summed E-state index contributed by atoms with van der Waals surface area (Å²) < 4.78 is 5.38. The molecular weight excluding hydrogens is 550 g/mol. The van der Waals surface area contributed by atoms with Gasteiger partial charge < -0.3 is 25.0 Å². The van der Waals surface area contributed by atoms with Crippen molar-refractivity contribution in [3.05, 3.63) is 96.8 Å². The highest BCUT2D eigenvalue weighted by molar-refractivity contribution is 6.09. The van der Waals surface area contributed by atoms with Crippen LogP contribution in [0.1, 0.15) is 23.8 Å². The topological polar surface area (TPSA) is 141 Å². The number of nitrogens with zero attached hydrogens (tertiary/aromatic N) is 3. The van der Waals surface area contributed by atoms with E-state index >= 15 is 0 Å². The van der Waals surface area contributed by atoms with E-state index in [0.717, 1.165) is 5.39 Å². The zero-order valence-corrected chi connectivity index (χ0v) is 23.8. The highest BCUT2D eigenvalue weighted by atomic mass is 16.5. The van der Waals surface area contributed by atoms with Crippen molar-refractivity contribution < 1.29 is 29.0 Å². The number of likely N-dealkylation sites (N-methyl/N-ethyl adjacent to an activating group) is 1. The Bertz CT molecular complexity index is 1580. The molecule has 0 bridgehead atoms. The molecule has 0 radical (unpaired) electrons. The first-order valence-electron chi connectivity index (χ1n) is 13.7. The van der Waals surface area contributed by atoms with Gasteiger partial charge in [-0.3, -0.25) is 29.5 Å². The molecule has 2 heterocycles. The fourth-order valence-electron chi connectivity index (χ4n) is 4.70. The van der Waals surface area contributed by atoms with Crippen LogP contribution in [-0.2, 0) is 14.4 Å². The maximum absolute atomic E-state index is 13.2. The summed E-state index contributed by atoms with van der Waals surface area (Å²) >= 11 is 0. The van der Waals surface area contributed by atoms with E-state index in [9.17, 15) is 19.2 Å². The van der Waals surface area contributed by atoms with E-state index in [1.54, 1.807) is 42.4 Å². The second kappa shape index (κ2) is 14.6. The van der Waals surface area contributed by atoms with E-state index < -0.39 is 24.1 Å². The number of aliphatic carboxylic acids is 1. The summed E-state index contributed by atoms with van der Waals surface area (Å²) in [6.07, 6.45) is 1.69. The average molecular weight is 584 g/mol. The van der Waals surface area contributed by atoms with Crippen molar-refractivity contribution in [2.45, 2.75) is 25.6 Å². The first kappa shape index (κ1) is 30.7. The minimum atomic E-state index is -0.889. The van der Waals surface area contributed by atoms with Crippen molar-refractivity contribution >= 4 is 46.3 Å². The molecule has 3 aromatic carbocycles. The first-order valence-corrected chi connectivity index (χ1v) is 13.7. The molecule has 2 unspecified atom stereocenters. The van der Waals surface area contributed by atoms with Gasteiger partial charge in [-0.25, -0.2) is 0 Å². The van der Waals surface area contributed by atoms with Gasteiger partial charge in [-0.1, -0.05) is 54.6 Å². The zero-order chi connectivity index (χ0) is 30.8. The van der Waals surface area contributed by atoms with Gasteiger partial charge in [0.15, 0.2) is 6.23 Å². The van der Waals surface area contributed by atoms with Gasteiger partial charge in [-0.15, -0.1) is 0 Å². The molecule has 1 aliphatic heterocycles. The lowest BCUT2D eigenvalue weighted by Gasteiger charge is -2.24. The van der Waals surface area contributed by atoms with Crippen LogP contribution >= 0.6 is 0 Å². The van der Waals surface area contributed by atoms with E-state index in [1.165, 1.54) is 4.90 Å². The number of nitrogens with one attached hydrogen (secondary N) is 2. The Morgan fingerprint density at radius 3 is 2.37 bits per heavy atom. The Hall–Kier alpha value is -5.29. The molecule has 0 spiro atoms. The Kier molecular flexibility index (Phi) is 10.4. The fraction of sp³-hybridized carbons (Fsp3) is 0.219. The SMILES string of the molecule is CCN1C(=O)C(NC(=O)c2nccc3ccccc23)CN(C=O)c2ccccc21.CNC(CC(=O)O)Oc1ccccc1. The maximum atomic E-state index is 13.2. The molecule has 11 heteroatoms. The van der Waals surface area contributed by atoms with Crippen molar-refractivity contribution in [1.82, 2.24) is 15.6 Å². The molecule has 222 valence electrons. The number of para-hydroxylation sites is 3. The zero-order valence-electron chi connectivity index (χ0n) is 23.8. The predicted octanol–water partition coefficient (Wildman–Crippen LogP) is 3.45. The number of pyridine rings is 1. The minimum Gasteiger partial charge on any atom is -0.481 e. The third kappa shape index (κ3) is 7.52. The molecule has 0 saturated heterocycles. The number of carboxylic acid groups (broad SMARTS) is 1. The van der Waals surface area contributed by atoms with Crippen LogP contribution in [-0.4, -0.2) is 66.7 Å². The van der Waals surface area contributed by atoms with Gasteiger partial charge in [0.05, 0.1) is 24.3 Å². The third-order valence-corrected chi connectivity index (χ3v) is 6.77. The highest BCUT2D eigenvalue weighted by Gasteiger charge is 2.34. The Morgan fingerprint density at radius 2 is 1.70 bits per heavy atom. The Labute approximate surface area is 249 Å². The number of aromatic nitrogens is 1. The van der Waals surface area contributed by atoms with E-state index in [2.05, 4.69) is 15.6 Å². The fourth-order valence-corrected chi connectivity index (χ4v) is 4.70. The number of anilines is 2. The molecule has 11 nitrogen and oxygen atoms in total. The van der Waals surface area contributed by atoms with Crippen LogP contribution in [0.2, 0.25) is 0 Å². The van der Waals surface area contributed by atoms with Gasteiger partial charge in [0.1, 0.15) is 17.5 Å². The molecule has 3 amide bonds. The van der Waals surface area contributed by atoms with E-state index in [4.69, 9.17) is 9.84 Å². The molecule has 2 atom stereocenters. The number of benzene rings is 3. The normalized spacial score (nSPS) is 14.9. The predicted molar refractivity (Wildman–Crippen MR) is 163 cm³/mol. The summed E-state index contributed by atoms with van der Waals surface area (Å²) in [4.78, 5) is 55.6. The lowest BCUT2D eigenvalue weighted by Crippen LogP contribution is -2.52. The number of hydrogen-bond donors (Lipinski definition) is 3. The largest absolute Gasteiger partial charge is 0.481 e. The number of carbonyl (C=O) groups is 4. The second-order valence-electron chi connectivity index (χ2n) is 9.54. The van der Waals surface area contributed by atoms with Crippen molar-refractivity contribution in [3.63, 3.8) is 0 Å². The summed E-state index contributed by atoms with van der Waals surface area (Å²) in [5.74, 6) is -0.945. The van der Waals surface area contributed by atoms with Gasteiger partial charge in [0.2, 0.25) is 6.41 Å². The molecule has 43 heavy (non-hydrogen) atoms. The first-order chi connectivity index (χ1) is 20.9. The summed E-state index contributed by atoms with van der Waals surface area (Å²) in [6, 6.07) is 24.7. The summed E-state index contributed by atoms with van der Waals surface area (Å²) in [6.45, 7) is 2.32. The van der Waals surface area contributed by atoms with Gasteiger partial charge in [0, 0.05) is 18.1 Å². The van der Waals surface area contributed by atoms with Gasteiger partial charge >= 0.3 is 5.97 Å². The third-order valence-electron chi connectivity index (χ3n) is 6.77. The monoisotopic (exact) mass is 583 g/mol. The van der Waals surface area contributed by atoms with Crippen LogP contribution in [0.5, 0.6) is 5.75 Å². The molecule has 5 rings (SSSR count). The maximum Gasteiger partial charge on any atom is 0.308 e. The number of amides is 3. The lowest BCUT2D eigenvalue weighted by molar-refractivity contribution is -0.139. The van der Waals surface area contributed by atoms with Gasteiger partial charge in [0.25, 0.3) is 11.8 Å². The number of carboxylic acids is 1. The molecule has 4 aromatic rings. The molecular formula is C32H33N5O6. The van der Waals surface area contributed by atoms with Crippen molar-refractivity contribution in [2.24, 2.45) is 0 Å². The van der Waals surface area contributed by atoms with Gasteiger partial charge in [-0.05, 0) is 49.7 Å². The molecule has 3 N–H and O–H groups in total. The Morgan fingerprint density at radius 1 is 1.02 bits per heavy atom. The van der Waals surface area contributed by atoms with Crippen LogP contribution < -0.4 is 25.2 Å². The highest BCUT2D eigenvalue weighted by Crippen LogP contribution is 2.32. The number of ether oxygens (including phenoxy) is 1. The molecule has 0 saturated carbocycles. The van der Waals surface area contributed by atoms with E-state index in [0.29, 0.717) is 35.5 Å². The number of carbonyl (C=O) groups excluding carboxylic acids is 3. The molecule has 1 aromatic heterocycles. The average Bonchev–Trinajstić information content (AvgIpc) is 3.14. The second-order valence-corrected chi connectivity index (χ2v) is 9.54. The molecule has 1 aliphatic rings. The van der Waals surface area contributed by atoms with Crippen molar-refractivity contribution in [2.75, 3.05) is 29.9 Å². The smallest absolute Gasteiger partial charge is 0.308 e. The van der Waals surface area contributed by atoms with Crippen LogP contribution in [0.4, 0.5) is 11.4 Å². The molecule has 0 aliphatic carbocycles. The minimum absolute atomic E-state index is 0.0480. The summed E-state index contributed by atoms with van der Waals surface area (Å²) in [5, 5.41) is 15.7. The van der Waals surface area contributed by atoms with Crippen LogP contribution in [0.3, 0.4) is 0 Å². The lowest BCUT2D eigenvalue weighted by atomic mass is 10.1. The molecule has 0 fully saturated rings. The summed E-state index contributed by atoms with van der Waals surface area (Å²) in [5.41, 5.74) is 1.53. The number of hydrogen-bond acceptors (Lipinski definition) is 7.